The summed E-state index contributed by atoms with van der Waals surface area (Å²) in [4.78, 5) is 12.1. The minimum Gasteiger partial charge on any atom is -0.471 e. The van der Waals surface area contributed by atoms with Crippen LogP contribution in [0.1, 0.15) is 17.8 Å². The van der Waals surface area contributed by atoms with Gasteiger partial charge in [-0.2, -0.15) is 23.4 Å². The molecule has 3 rings (SSSR count). The predicted octanol–water partition coefficient (Wildman–Crippen LogP) is 4.89. The molecule has 1 aromatic carbocycles. The smallest absolute Gasteiger partial charge is 0.436 e. The Morgan fingerprint density at radius 3 is 2.63 bits per heavy atom. The minimum atomic E-state index is -4.65. The maximum Gasteiger partial charge on any atom is 0.436 e. The number of hydrogen-bond acceptors (Lipinski definition) is 4. The van der Waals surface area contributed by atoms with Crippen molar-refractivity contribution < 1.29 is 22.7 Å². The van der Waals surface area contributed by atoms with E-state index in [9.17, 15) is 18.0 Å². The summed E-state index contributed by atoms with van der Waals surface area (Å²) in [6.45, 7) is 1.51. The van der Waals surface area contributed by atoms with E-state index in [2.05, 4.69) is 31.4 Å². The Balaban J connectivity index is 1.52. The molecular formula is C18H16BrClF3N5O2. The lowest BCUT2D eigenvalue weighted by atomic mass is 10.3. The van der Waals surface area contributed by atoms with E-state index < -0.39 is 22.8 Å². The average molecular weight is 507 g/mol. The molecule has 0 aliphatic carbocycles. The van der Waals surface area contributed by atoms with Crippen LogP contribution in [-0.2, 0) is 24.2 Å². The topological polar surface area (TPSA) is 74.0 Å². The molecule has 160 valence electrons. The molecule has 0 aliphatic rings. The number of anilines is 1. The third-order valence-corrected chi connectivity index (χ3v) is 5.03. The van der Waals surface area contributed by atoms with Gasteiger partial charge >= 0.3 is 6.18 Å². The number of halogens is 5. The van der Waals surface area contributed by atoms with Crippen molar-refractivity contribution in [2.45, 2.75) is 32.8 Å². The third kappa shape index (κ3) is 5.54. The number of rotatable bonds is 7. The average Bonchev–Trinajstić information content (AvgIpc) is 3.24. The SMILES string of the molecule is Cc1c(Cl)c(C(F)(F)F)nn1CCC(=O)Nc1cnn(COc2ccc(Br)cc2)c1. The molecule has 0 radical (unpaired) electrons. The first-order chi connectivity index (χ1) is 14.1. The van der Waals surface area contributed by atoms with Crippen LogP contribution >= 0.6 is 27.5 Å². The van der Waals surface area contributed by atoms with Gasteiger partial charge in [0.15, 0.2) is 12.4 Å². The monoisotopic (exact) mass is 505 g/mol. The number of nitrogens with one attached hydrogen (secondary N) is 1. The van der Waals surface area contributed by atoms with Gasteiger partial charge in [-0.25, -0.2) is 4.68 Å². The quantitative estimate of drug-likeness (QED) is 0.495. The van der Waals surface area contributed by atoms with Crippen molar-refractivity contribution in [3.8, 4) is 5.75 Å². The van der Waals surface area contributed by atoms with Gasteiger partial charge in [-0.05, 0) is 31.2 Å². The molecule has 0 saturated carbocycles. The number of carbonyl (C=O) groups excluding carboxylic acids is 1. The lowest BCUT2D eigenvalue weighted by molar-refractivity contribution is -0.141. The Bertz CT molecular complexity index is 1030. The van der Waals surface area contributed by atoms with Crippen LogP contribution in [0, 0.1) is 6.92 Å². The number of benzene rings is 1. The van der Waals surface area contributed by atoms with E-state index in [4.69, 9.17) is 16.3 Å². The number of ether oxygens (including phenoxy) is 1. The van der Waals surface area contributed by atoms with Crippen LogP contribution in [-0.4, -0.2) is 25.5 Å². The summed E-state index contributed by atoms with van der Waals surface area (Å²) in [5, 5.41) is 9.72. The number of nitrogens with zero attached hydrogens (tertiary/aromatic N) is 4. The highest BCUT2D eigenvalue weighted by molar-refractivity contribution is 9.10. The zero-order valence-corrected chi connectivity index (χ0v) is 17.9. The molecule has 12 heteroatoms. The fourth-order valence-electron chi connectivity index (χ4n) is 2.52. The first-order valence-corrected chi connectivity index (χ1v) is 9.81. The van der Waals surface area contributed by atoms with E-state index in [0.29, 0.717) is 11.4 Å². The van der Waals surface area contributed by atoms with Crippen molar-refractivity contribution in [3.63, 3.8) is 0 Å². The van der Waals surface area contributed by atoms with Gasteiger partial charge in [0.05, 0.1) is 35.3 Å². The Labute approximate surface area is 182 Å². The molecule has 0 spiro atoms. The van der Waals surface area contributed by atoms with Gasteiger partial charge in [0.25, 0.3) is 0 Å². The molecule has 2 heterocycles. The second-order valence-electron chi connectivity index (χ2n) is 6.26. The van der Waals surface area contributed by atoms with E-state index in [0.717, 1.165) is 9.15 Å². The summed E-state index contributed by atoms with van der Waals surface area (Å²) in [7, 11) is 0. The minimum absolute atomic E-state index is 0.0473. The van der Waals surface area contributed by atoms with E-state index in [1.807, 2.05) is 12.1 Å². The molecule has 0 unspecified atom stereocenters. The zero-order valence-electron chi connectivity index (χ0n) is 15.6. The fourth-order valence-corrected chi connectivity index (χ4v) is 3.03. The van der Waals surface area contributed by atoms with Gasteiger partial charge in [-0.15, -0.1) is 0 Å². The third-order valence-electron chi connectivity index (χ3n) is 4.05. The Morgan fingerprint density at radius 2 is 2.00 bits per heavy atom. The molecule has 1 amide bonds. The molecule has 0 aliphatic heterocycles. The summed E-state index contributed by atoms with van der Waals surface area (Å²) in [6.07, 6.45) is -1.71. The molecule has 1 N–H and O–H groups in total. The Hall–Kier alpha value is -2.53. The van der Waals surface area contributed by atoms with E-state index in [1.54, 1.807) is 18.3 Å². The maximum absolute atomic E-state index is 12.9. The van der Waals surface area contributed by atoms with Crippen LogP contribution in [0.4, 0.5) is 18.9 Å². The standard InChI is InChI=1S/C18H16BrClF3N5O2/c1-11-16(20)17(18(21,22)23)26-28(11)7-6-15(29)25-13-8-24-27(9-13)10-30-14-4-2-12(19)3-5-14/h2-5,8-9H,6-7,10H2,1H3,(H,25,29). The van der Waals surface area contributed by atoms with Crippen molar-refractivity contribution in [1.29, 1.82) is 0 Å². The molecule has 3 aromatic rings. The van der Waals surface area contributed by atoms with Crippen molar-refractivity contribution >= 4 is 39.1 Å². The number of aromatic nitrogens is 4. The number of alkyl halides is 3. The normalized spacial score (nSPS) is 11.5. The summed E-state index contributed by atoms with van der Waals surface area (Å²) in [5.41, 5.74) is -0.575. The Morgan fingerprint density at radius 1 is 1.30 bits per heavy atom. The van der Waals surface area contributed by atoms with E-state index >= 15 is 0 Å². The number of carbonyl (C=O) groups is 1. The van der Waals surface area contributed by atoms with Crippen molar-refractivity contribution in [3.05, 3.63) is 57.5 Å². The molecular weight excluding hydrogens is 491 g/mol. The highest BCUT2D eigenvalue weighted by Crippen LogP contribution is 2.35. The second-order valence-corrected chi connectivity index (χ2v) is 7.56. The highest BCUT2D eigenvalue weighted by atomic mass is 79.9. The molecule has 0 saturated heterocycles. The lowest BCUT2D eigenvalue weighted by Crippen LogP contribution is -2.16. The van der Waals surface area contributed by atoms with E-state index in [1.165, 1.54) is 17.8 Å². The predicted molar refractivity (Wildman–Crippen MR) is 107 cm³/mol. The van der Waals surface area contributed by atoms with Crippen molar-refractivity contribution in [2.24, 2.45) is 0 Å². The lowest BCUT2D eigenvalue weighted by Gasteiger charge is -2.06. The first-order valence-electron chi connectivity index (χ1n) is 8.64. The molecule has 7 nitrogen and oxygen atoms in total. The summed E-state index contributed by atoms with van der Waals surface area (Å²) < 4.78 is 47.6. The van der Waals surface area contributed by atoms with Gasteiger partial charge in [0.2, 0.25) is 5.91 Å². The number of hydrogen-bond donors (Lipinski definition) is 1. The van der Waals surface area contributed by atoms with Gasteiger partial charge in [0, 0.05) is 10.9 Å². The van der Waals surface area contributed by atoms with E-state index in [-0.39, 0.29) is 25.4 Å². The molecule has 0 atom stereocenters. The highest BCUT2D eigenvalue weighted by Gasteiger charge is 2.38. The first kappa shape index (κ1) is 22.2. The van der Waals surface area contributed by atoms with Crippen molar-refractivity contribution in [2.75, 3.05) is 5.32 Å². The summed E-state index contributed by atoms with van der Waals surface area (Å²) in [6, 6.07) is 7.28. The zero-order chi connectivity index (χ0) is 21.9. The summed E-state index contributed by atoms with van der Waals surface area (Å²) in [5.74, 6) is 0.258. The van der Waals surface area contributed by atoms with Gasteiger partial charge < -0.3 is 10.1 Å². The van der Waals surface area contributed by atoms with Crippen LogP contribution in [0.15, 0.2) is 41.1 Å². The van der Waals surface area contributed by atoms with Gasteiger partial charge in [0.1, 0.15) is 5.75 Å². The van der Waals surface area contributed by atoms with Crippen LogP contribution in [0.25, 0.3) is 0 Å². The largest absolute Gasteiger partial charge is 0.471 e. The number of amides is 1. The van der Waals surface area contributed by atoms with Crippen LogP contribution in [0.2, 0.25) is 5.02 Å². The van der Waals surface area contributed by atoms with Crippen LogP contribution in [0.3, 0.4) is 0 Å². The number of aryl methyl sites for hydroxylation is 1. The summed E-state index contributed by atoms with van der Waals surface area (Å²) >= 11 is 9.04. The van der Waals surface area contributed by atoms with Crippen molar-refractivity contribution in [1.82, 2.24) is 19.6 Å². The van der Waals surface area contributed by atoms with Gasteiger partial charge in [-0.1, -0.05) is 27.5 Å². The molecule has 0 fully saturated rings. The molecule has 30 heavy (non-hydrogen) atoms. The van der Waals surface area contributed by atoms with Crippen LogP contribution < -0.4 is 10.1 Å². The maximum atomic E-state index is 12.9. The Kier molecular flexibility index (Phi) is 6.71. The fraction of sp³-hybridized carbons (Fsp3) is 0.278. The van der Waals surface area contributed by atoms with Gasteiger partial charge in [-0.3, -0.25) is 9.48 Å². The van der Waals surface area contributed by atoms with Crippen LogP contribution in [0.5, 0.6) is 5.75 Å². The molecule has 0 bridgehead atoms. The second kappa shape index (κ2) is 9.09. The molecule has 2 aromatic heterocycles.